The normalized spacial score (nSPS) is 10.5. The number of benzene rings is 1. The first-order valence-electron chi connectivity index (χ1n) is 4.13. The van der Waals surface area contributed by atoms with Gasteiger partial charge < -0.3 is 9.84 Å². The molecule has 0 saturated heterocycles. The highest BCUT2D eigenvalue weighted by Gasteiger charge is 2.19. The first-order chi connectivity index (χ1) is 7.15. The summed E-state index contributed by atoms with van der Waals surface area (Å²) >= 11 is 0.884. The van der Waals surface area contributed by atoms with Crippen molar-refractivity contribution >= 4 is 27.4 Å². The van der Waals surface area contributed by atoms with E-state index >= 15 is 0 Å². The Labute approximate surface area is 88.7 Å². The Hall–Kier alpha value is -1.62. The van der Waals surface area contributed by atoms with E-state index in [-0.39, 0.29) is 15.3 Å². The number of hydrogen-bond donors (Lipinski definition) is 1. The summed E-state index contributed by atoms with van der Waals surface area (Å²) in [7, 11) is 1.21. The van der Waals surface area contributed by atoms with Gasteiger partial charge in [-0.15, -0.1) is 11.3 Å². The quantitative estimate of drug-likeness (QED) is 0.760. The third-order valence-electron chi connectivity index (χ3n) is 2.01. The average molecular weight is 226 g/mol. The van der Waals surface area contributed by atoms with Gasteiger partial charge in [0.25, 0.3) is 0 Å². The van der Waals surface area contributed by atoms with Crippen LogP contribution in [0.4, 0.5) is 4.39 Å². The molecule has 2 rings (SSSR count). The van der Waals surface area contributed by atoms with Gasteiger partial charge in [-0.3, -0.25) is 0 Å². The molecule has 1 heterocycles. The maximum atomic E-state index is 13.3. The monoisotopic (exact) mass is 226 g/mol. The smallest absolute Gasteiger partial charge is 0.351 e. The maximum Gasteiger partial charge on any atom is 0.351 e. The molecule has 0 unspecified atom stereocenters. The summed E-state index contributed by atoms with van der Waals surface area (Å²) in [6.45, 7) is 0. The number of thiophene rings is 1. The highest BCUT2D eigenvalue weighted by atomic mass is 32.1. The van der Waals surface area contributed by atoms with Crippen LogP contribution in [0.25, 0.3) is 10.1 Å². The van der Waals surface area contributed by atoms with E-state index in [1.807, 2.05) is 0 Å². The summed E-state index contributed by atoms with van der Waals surface area (Å²) in [5.74, 6) is -1.34. The van der Waals surface area contributed by atoms with Crippen molar-refractivity contribution in [1.82, 2.24) is 0 Å². The minimum absolute atomic E-state index is 0.0256. The largest absolute Gasteiger partial charge is 0.505 e. The van der Waals surface area contributed by atoms with Crippen molar-refractivity contribution < 1.29 is 19.0 Å². The number of rotatable bonds is 1. The molecule has 2 aromatic rings. The Morgan fingerprint density at radius 3 is 2.87 bits per heavy atom. The highest BCUT2D eigenvalue weighted by molar-refractivity contribution is 7.21. The molecule has 1 N–H and O–H groups in total. The first-order valence-corrected chi connectivity index (χ1v) is 4.95. The van der Waals surface area contributed by atoms with E-state index in [1.54, 1.807) is 6.07 Å². The summed E-state index contributed by atoms with van der Waals surface area (Å²) in [6, 6.07) is 4.31. The van der Waals surface area contributed by atoms with Crippen molar-refractivity contribution in [3.05, 3.63) is 28.9 Å². The molecule has 0 spiro atoms. The Balaban J connectivity index is 2.75. The Morgan fingerprint density at radius 1 is 1.53 bits per heavy atom. The minimum atomic E-state index is -0.659. The summed E-state index contributed by atoms with van der Waals surface area (Å²) in [5.41, 5.74) is 0. The van der Waals surface area contributed by atoms with Crippen molar-refractivity contribution in [2.24, 2.45) is 0 Å². The number of halogens is 1. The lowest BCUT2D eigenvalue weighted by Crippen LogP contribution is -1.97. The number of ether oxygens (including phenoxy) is 1. The van der Waals surface area contributed by atoms with Gasteiger partial charge in [0.2, 0.25) is 0 Å². The molecule has 1 aromatic heterocycles. The lowest BCUT2D eigenvalue weighted by atomic mass is 10.2. The molecule has 0 bridgehead atoms. The number of methoxy groups -OCH3 is 1. The summed E-state index contributed by atoms with van der Waals surface area (Å²) in [6.07, 6.45) is 0. The van der Waals surface area contributed by atoms with Crippen LogP contribution in [0.15, 0.2) is 18.2 Å². The average Bonchev–Trinajstić information content (AvgIpc) is 2.57. The van der Waals surface area contributed by atoms with Gasteiger partial charge in [0.15, 0.2) is 4.88 Å². The number of fused-ring (bicyclic) bond motifs is 1. The van der Waals surface area contributed by atoms with Crippen molar-refractivity contribution in [1.29, 1.82) is 0 Å². The summed E-state index contributed by atoms with van der Waals surface area (Å²) in [4.78, 5) is 11.2. The van der Waals surface area contributed by atoms with Gasteiger partial charge in [-0.25, -0.2) is 9.18 Å². The van der Waals surface area contributed by atoms with Crippen LogP contribution in [0.1, 0.15) is 9.67 Å². The zero-order chi connectivity index (χ0) is 11.0. The number of carbonyl (C=O) groups is 1. The van der Waals surface area contributed by atoms with E-state index < -0.39 is 11.8 Å². The standard InChI is InChI=1S/C10H7FO3S/c1-14-10(13)9-7(12)5-3-2-4-6(11)8(5)15-9/h2-4,12H,1H3. The van der Waals surface area contributed by atoms with Crippen LogP contribution in [0.2, 0.25) is 0 Å². The third kappa shape index (κ3) is 1.45. The lowest BCUT2D eigenvalue weighted by molar-refractivity contribution is 0.0603. The minimum Gasteiger partial charge on any atom is -0.505 e. The molecule has 15 heavy (non-hydrogen) atoms. The van der Waals surface area contributed by atoms with E-state index in [1.165, 1.54) is 19.2 Å². The second kappa shape index (κ2) is 3.51. The zero-order valence-electron chi connectivity index (χ0n) is 7.78. The van der Waals surface area contributed by atoms with Crippen molar-refractivity contribution in [3.8, 4) is 5.75 Å². The molecule has 0 aliphatic rings. The molecule has 5 heteroatoms. The van der Waals surface area contributed by atoms with Gasteiger partial charge in [-0.05, 0) is 12.1 Å². The van der Waals surface area contributed by atoms with E-state index in [4.69, 9.17) is 0 Å². The fraction of sp³-hybridized carbons (Fsp3) is 0.100. The van der Waals surface area contributed by atoms with Crippen LogP contribution < -0.4 is 0 Å². The molecule has 0 aliphatic heterocycles. The Morgan fingerprint density at radius 2 is 2.27 bits per heavy atom. The first kappa shape index (κ1) is 9.92. The van der Waals surface area contributed by atoms with Crippen LogP contribution >= 0.6 is 11.3 Å². The number of aromatic hydroxyl groups is 1. The maximum absolute atomic E-state index is 13.3. The Kier molecular flexibility index (Phi) is 2.32. The topological polar surface area (TPSA) is 46.5 Å². The molecule has 78 valence electrons. The second-order valence-corrected chi connectivity index (χ2v) is 3.91. The van der Waals surface area contributed by atoms with Crippen LogP contribution in [-0.2, 0) is 4.74 Å². The third-order valence-corrected chi connectivity index (χ3v) is 3.20. The second-order valence-electron chi connectivity index (χ2n) is 2.89. The van der Waals surface area contributed by atoms with Crippen LogP contribution in [-0.4, -0.2) is 18.2 Å². The van der Waals surface area contributed by atoms with E-state index in [0.717, 1.165) is 11.3 Å². The van der Waals surface area contributed by atoms with Crippen LogP contribution in [0.5, 0.6) is 5.75 Å². The van der Waals surface area contributed by atoms with Gasteiger partial charge in [0.05, 0.1) is 11.8 Å². The van der Waals surface area contributed by atoms with E-state index in [2.05, 4.69) is 4.74 Å². The number of esters is 1. The Bertz CT molecular complexity index is 533. The van der Waals surface area contributed by atoms with Gasteiger partial charge in [-0.2, -0.15) is 0 Å². The summed E-state index contributed by atoms with van der Waals surface area (Å²) < 4.78 is 18.0. The molecule has 0 amide bonds. The predicted molar refractivity (Wildman–Crippen MR) is 54.8 cm³/mol. The highest BCUT2D eigenvalue weighted by Crippen LogP contribution is 2.38. The summed E-state index contributed by atoms with van der Waals surface area (Å²) in [5, 5.41) is 9.99. The van der Waals surface area contributed by atoms with Gasteiger partial charge in [-0.1, -0.05) is 6.07 Å². The SMILES string of the molecule is COC(=O)c1sc2c(F)cccc2c1O. The molecular weight excluding hydrogens is 219 g/mol. The van der Waals surface area contributed by atoms with E-state index in [9.17, 15) is 14.3 Å². The van der Waals surface area contributed by atoms with Crippen molar-refractivity contribution in [2.45, 2.75) is 0 Å². The lowest BCUT2D eigenvalue weighted by Gasteiger charge is -1.94. The number of carbonyl (C=O) groups excluding carboxylic acids is 1. The molecule has 0 aliphatic carbocycles. The molecule has 0 saturated carbocycles. The molecular formula is C10H7FO3S. The predicted octanol–water partition coefficient (Wildman–Crippen LogP) is 2.53. The molecule has 3 nitrogen and oxygen atoms in total. The van der Waals surface area contributed by atoms with Crippen LogP contribution in [0.3, 0.4) is 0 Å². The van der Waals surface area contributed by atoms with Gasteiger partial charge in [0.1, 0.15) is 11.6 Å². The van der Waals surface area contributed by atoms with E-state index in [0.29, 0.717) is 5.39 Å². The fourth-order valence-corrected chi connectivity index (χ4v) is 2.32. The van der Waals surface area contributed by atoms with Crippen LogP contribution in [0, 0.1) is 5.82 Å². The molecule has 1 aromatic carbocycles. The van der Waals surface area contributed by atoms with Crippen molar-refractivity contribution in [3.63, 3.8) is 0 Å². The fourth-order valence-electron chi connectivity index (χ4n) is 1.30. The zero-order valence-corrected chi connectivity index (χ0v) is 8.60. The van der Waals surface area contributed by atoms with Gasteiger partial charge in [0, 0.05) is 5.39 Å². The number of hydrogen-bond acceptors (Lipinski definition) is 4. The molecule has 0 fully saturated rings. The van der Waals surface area contributed by atoms with Gasteiger partial charge >= 0.3 is 5.97 Å². The molecule has 0 radical (unpaired) electrons. The molecule has 0 atom stereocenters. The van der Waals surface area contributed by atoms with Crippen molar-refractivity contribution in [2.75, 3.05) is 7.11 Å².